The summed E-state index contributed by atoms with van der Waals surface area (Å²) in [6.45, 7) is 0. The van der Waals surface area contributed by atoms with E-state index in [1.807, 2.05) is 18.3 Å². The Morgan fingerprint density at radius 1 is 1.33 bits per heavy atom. The normalized spacial score (nSPS) is 11.0. The van der Waals surface area contributed by atoms with Gasteiger partial charge in [-0.2, -0.15) is 5.10 Å². The van der Waals surface area contributed by atoms with Crippen LogP contribution in [0.4, 0.5) is 0 Å². The summed E-state index contributed by atoms with van der Waals surface area (Å²) in [7, 11) is 0. The maximum Gasteiger partial charge on any atom is 0.155 e. The van der Waals surface area contributed by atoms with Crippen molar-refractivity contribution in [3.8, 4) is 10.6 Å². The summed E-state index contributed by atoms with van der Waals surface area (Å²) in [5.74, 6) is 0. The molecule has 0 saturated carbocycles. The maximum absolute atomic E-state index is 4.46. The minimum Gasteiger partial charge on any atom is -0.237 e. The van der Waals surface area contributed by atoms with Crippen LogP contribution in [0.1, 0.15) is 0 Å². The molecular formula is C10H6IN3S. The zero-order valence-electron chi connectivity index (χ0n) is 7.59. The van der Waals surface area contributed by atoms with Crippen molar-refractivity contribution in [3.05, 3.63) is 39.5 Å². The van der Waals surface area contributed by atoms with E-state index < -0.39 is 0 Å². The molecule has 0 aromatic carbocycles. The number of fused-ring (bicyclic) bond motifs is 1. The van der Waals surface area contributed by atoms with Crippen molar-refractivity contribution in [2.45, 2.75) is 0 Å². The smallest absolute Gasteiger partial charge is 0.155 e. The summed E-state index contributed by atoms with van der Waals surface area (Å²) < 4.78 is 3.06. The molecule has 74 valence electrons. The molecule has 15 heavy (non-hydrogen) atoms. The topological polar surface area (TPSA) is 30.2 Å². The Balaban J connectivity index is 2.19. The third-order valence-corrected chi connectivity index (χ3v) is 3.98. The first-order valence-corrected chi connectivity index (χ1v) is 6.28. The fourth-order valence-corrected chi connectivity index (χ4v) is 2.98. The van der Waals surface area contributed by atoms with Gasteiger partial charge in [-0.3, -0.25) is 0 Å². The fourth-order valence-electron chi connectivity index (χ4n) is 1.40. The van der Waals surface area contributed by atoms with E-state index in [1.54, 1.807) is 22.0 Å². The average Bonchev–Trinajstić information content (AvgIpc) is 2.82. The summed E-state index contributed by atoms with van der Waals surface area (Å²) in [4.78, 5) is 5.42. The van der Waals surface area contributed by atoms with Crippen molar-refractivity contribution in [3.63, 3.8) is 0 Å². The predicted molar refractivity (Wildman–Crippen MR) is 69.0 cm³/mol. The number of hydrogen-bond donors (Lipinski definition) is 0. The molecular weight excluding hydrogens is 321 g/mol. The Bertz CT molecular complexity index is 581. The Kier molecular flexibility index (Phi) is 2.21. The largest absolute Gasteiger partial charge is 0.237 e. The van der Waals surface area contributed by atoms with E-state index >= 15 is 0 Å². The Labute approximate surface area is 104 Å². The molecule has 0 fully saturated rings. The molecule has 0 radical (unpaired) electrons. The second-order valence-electron chi connectivity index (χ2n) is 3.06. The van der Waals surface area contributed by atoms with Crippen LogP contribution in [0.5, 0.6) is 0 Å². The molecule has 0 amide bonds. The highest BCUT2D eigenvalue weighted by atomic mass is 127. The lowest BCUT2D eigenvalue weighted by Gasteiger charge is -1.87. The number of aromatic nitrogens is 3. The van der Waals surface area contributed by atoms with Crippen LogP contribution >= 0.6 is 33.9 Å². The van der Waals surface area contributed by atoms with Gasteiger partial charge in [0.1, 0.15) is 5.69 Å². The molecule has 3 aromatic heterocycles. The molecule has 0 bridgehead atoms. The van der Waals surface area contributed by atoms with Crippen LogP contribution in [0, 0.1) is 2.88 Å². The summed E-state index contributed by atoms with van der Waals surface area (Å²) in [5.41, 5.74) is 1.87. The van der Waals surface area contributed by atoms with Crippen LogP contribution < -0.4 is 0 Å². The Morgan fingerprint density at radius 2 is 2.27 bits per heavy atom. The summed E-state index contributed by atoms with van der Waals surface area (Å²) in [6, 6.07) is 8.07. The van der Waals surface area contributed by atoms with E-state index in [9.17, 15) is 0 Å². The zero-order valence-corrected chi connectivity index (χ0v) is 10.6. The quantitative estimate of drug-likeness (QED) is 0.643. The van der Waals surface area contributed by atoms with Gasteiger partial charge in [0.25, 0.3) is 0 Å². The molecule has 3 nitrogen and oxygen atoms in total. The van der Waals surface area contributed by atoms with E-state index in [1.165, 1.54) is 7.76 Å². The minimum atomic E-state index is 0.885. The van der Waals surface area contributed by atoms with Gasteiger partial charge in [0.15, 0.2) is 5.65 Å². The minimum absolute atomic E-state index is 0.885. The summed E-state index contributed by atoms with van der Waals surface area (Å²) in [6.07, 6.45) is 3.68. The second-order valence-corrected chi connectivity index (χ2v) is 6.03. The number of nitrogens with zero attached hydrogens (tertiary/aromatic N) is 3. The molecule has 0 unspecified atom stereocenters. The van der Waals surface area contributed by atoms with Crippen LogP contribution in [0.2, 0.25) is 0 Å². The highest BCUT2D eigenvalue weighted by Gasteiger charge is 2.06. The summed E-state index contributed by atoms with van der Waals surface area (Å²) >= 11 is 4.05. The van der Waals surface area contributed by atoms with Gasteiger partial charge < -0.3 is 0 Å². The first-order chi connectivity index (χ1) is 7.33. The van der Waals surface area contributed by atoms with Crippen LogP contribution in [0.3, 0.4) is 0 Å². The van der Waals surface area contributed by atoms with Crippen molar-refractivity contribution in [1.29, 1.82) is 0 Å². The molecule has 3 aromatic rings. The molecule has 3 heterocycles. The van der Waals surface area contributed by atoms with Gasteiger partial charge in [-0.15, -0.1) is 11.3 Å². The number of hydrogen-bond acceptors (Lipinski definition) is 3. The molecule has 0 aliphatic carbocycles. The zero-order chi connectivity index (χ0) is 10.3. The molecule has 0 aliphatic rings. The van der Waals surface area contributed by atoms with Crippen molar-refractivity contribution in [1.82, 2.24) is 14.6 Å². The van der Waals surface area contributed by atoms with Crippen molar-refractivity contribution >= 4 is 39.6 Å². The molecule has 5 heteroatoms. The van der Waals surface area contributed by atoms with Crippen LogP contribution in [0.15, 0.2) is 36.7 Å². The third-order valence-electron chi connectivity index (χ3n) is 2.06. The highest BCUT2D eigenvalue weighted by molar-refractivity contribution is 14.1. The Hall–Kier alpha value is -0.950. The predicted octanol–water partition coefficient (Wildman–Crippen LogP) is 3.06. The Morgan fingerprint density at radius 3 is 3.00 bits per heavy atom. The van der Waals surface area contributed by atoms with Crippen LogP contribution in [-0.4, -0.2) is 14.6 Å². The maximum atomic E-state index is 4.46. The molecule has 0 N–H and O–H groups in total. The third kappa shape index (κ3) is 1.65. The van der Waals surface area contributed by atoms with E-state index in [0.717, 1.165) is 11.3 Å². The SMILES string of the molecule is Ic1ccc(-c2cc3ncccn3n2)s1. The lowest BCUT2D eigenvalue weighted by molar-refractivity contribution is 0.944. The van der Waals surface area contributed by atoms with Gasteiger partial charge in [-0.1, -0.05) is 0 Å². The number of thiophene rings is 1. The van der Waals surface area contributed by atoms with Gasteiger partial charge in [-0.25, -0.2) is 9.50 Å². The molecule has 3 rings (SSSR count). The van der Waals surface area contributed by atoms with Crippen molar-refractivity contribution < 1.29 is 0 Å². The molecule has 0 aliphatic heterocycles. The average molecular weight is 327 g/mol. The van der Waals surface area contributed by atoms with E-state index in [2.05, 4.69) is 44.8 Å². The van der Waals surface area contributed by atoms with E-state index in [0.29, 0.717) is 0 Å². The van der Waals surface area contributed by atoms with Crippen LogP contribution in [-0.2, 0) is 0 Å². The summed E-state index contributed by atoms with van der Waals surface area (Å²) in [5, 5.41) is 4.46. The number of rotatable bonds is 1. The molecule has 0 spiro atoms. The van der Waals surface area contributed by atoms with Crippen molar-refractivity contribution in [2.75, 3.05) is 0 Å². The fraction of sp³-hybridized carbons (Fsp3) is 0. The lowest BCUT2D eigenvalue weighted by atomic mass is 10.3. The first-order valence-electron chi connectivity index (χ1n) is 4.39. The van der Waals surface area contributed by atoms with E-state index in [4.69, 9.17) is 0 Å². The monoisotopic (exact) mass is 327 g/mol. The van der Waals surface area contributed by atoms with Gasteiger partial charge in [0.05, 0.1) is 7.76 Å². The molecule has 0 saturated heterocycles. The molecule has 0 atom stereocenters. The van der Waals surface area contributed by atoms with Gasteiger partial charge in [-0.05, 0) is 40.8 Å². The van der Waals surface area contributed by atoms with Gasteiger partial charge in [0, 0.05) is 18.5 Å². The highest BCUT2D eigenvalue weighted by Crippen LogP contribution is 2.28. The van der Waals surface area contributed by atoms with E-state index in [-0.39, 0.29) is 0 Å². The standard InChI is InChI=1S/C10H6IN3S/c11-9-3-2-8(15-9)7-6-10-12-4-1-5-14(10)13-7/h1-6H. The van der Waals surface area contributed by atoms with Crippen molar-refractivity contribution in [2.24, 2.45) is 0 Å². The van der Waals surface area contributed by atoms with Crippen LogP contribution in [0.25, 0.3) is 16.2 Å². The number of halogens is 1. The van der Waals surface area contributed by atoms with Gasteiger partial charge in [0.2, 0.25) is 0 Å². The second kappa shape index (κ2) is 3.57. The first kappa shape index (κ1) is 9.29. The lowest BCUT2D eigenvalue weighted by Crippen LogP contribution is -1.86. The van der Waals surface area contributed by atoms with Gasteiger partial charge >= 0.3 is 0 Å².